The van der Waals surface area contributed by atoms with Crippen molar-refractivity contribution < 1.29 is 19.2 Å². The van der Waals surface area contributed by atoms with E-state index in [0.29, 0.717) is 24.4 Å². The normalized spacial score (nSPS) is 13.8. The fourth-order valence-corrected chi connectivity index (χ4v) is 2.30. The van der Waals surface area contributed by atoms with E-state index in [1.807, 2.05) is 0 Å². The molecule has 0 spiro atoms. The number of carbonyl (C=O) groups excluding carboxylic acids is 1. The molecule has 1 aliphatic rings. The summed E-state index contributed by atoms with van der Waals surface area (Å²) in [5, 5.41) is 15.6. The van der Waals surface area contributed by atoms with Gasteiger partial charge in [-0.25, -0.2) is 4.79 Å². The van der Waals surface area contributed by atoms with Crippen molar-refractivity contribution in [1.29, 1.82) is 0 Å². The Hall–Kier alpha value is -2.63. The number of carboxylic acid groups (broad SMARTS) is 1. The summed E-state index contributed by atoms with van der Waals surface area (Å²) in [7, 11) is 0. The highest BCUT2D eigenvalue weighted by atomic mass is 16.5. The lowest BCUT2D eigenvalue weighted by atomic mass is 10.1. The van der Waals surface area contributed by atoms with Crippen molar-refractivity contribution in [2.24, 2.45) is 0 Å². The predicted octanol–water partition coefficient (Wildman–Crippen LogP) is 2.22. The Labute approximate surface area is 127 Å². The van der Waals surface area contributed by atoms with Gasteiger partial charge in [-0.2, -0.15) is 0 Å². The van der Waals surface area contributed by atoms with Gasteiger partial charge in [-0.1, -0.05) is 17.3 Å². The van der Waals surface area contributed by atoms with Crippen LogP contribution >= 0.6 is 0 Å². The highest BCUT2D eigenvalue weighted by Gasteiger charge is 2.31. The third kappa shape index (κ3) is 3.16. The number of hydrogen-bond donors (Lipinski definition) is 2. The fourth-order valence-electron chi connectivity index (χ4n) is 2.30. The molecule has 0 saturated heterocycles. The smallest absolute Gasteiger partial charge is 0.335 e. The molecule has 0 bridgehead atoms. The molecule has 6 heteroatoms. The number of aromatic carboxylic acids is 1. The number of benzene rings is 1. The van der Waals surface area contributed by atoms with Crippen LogP contribution in [0.4, 0.5) is 0 Å². The van der Waals surface area contributed by atoms with E-state index in [2.05, 4.69) is 10.5 Å². The Morgan fingerprint density at radius 2 is 2.00 bits per heavy atom. The van der Waals surface area contributed by atoms with Crippen LogP contribution in [-0.4, -0.2) is 28.7 Å². The average Bonchev–Trinajstić information content (AvgIpc) is 3.24. The Kier molecular flexibility index (Phi) is 3.91. The molecular weight excluding hydrogens is 284 g/mol. The lowest BCUT2D eigenvalue weighted by molar-refractivity contribution is 0.0696. The minimum atomic E-state index is -0.945. The molecule has 2 aromatic rings. The molecule has 1 heterocycles. The van der Waals surface area contributed by atoms with Crippen LogP contribution < -0.4 is 5.32 Å². The monoisotopic (exact) mass is 300 g/mol. The third-order valence-electron chi connectivity index (χ3n) is 3.71. The Morgan fingerprint density at radius 1 is 1.27 bits per heavy atom. The van der Waals surface area contributed by atoms with Crippen LogP contribution in [0.2, 0.25) is 0 Å². The van der Waals surface area contributed by atoms with E-state index >= 15 is 0 Å². The maximum atomic E-state index is 12.1. The van der Waals surface area contributed by atoms with Crippen LogP contribution in [0.15, 0.2) is 35.1 Å². The van der Waals surface area contributed by atoms with Gasteiger partial charge in [0.05, 0.1) is 11.3 Å². The van der Waals surface area contributed by atoms with Gasteiger partial charge in [0.2, 0.25) is 0 Å². The van der Waals surface area contributed by atoms with Gasteiger partial charge in [-0.15, -0.1) is 0 Å². The molecule has 0 atom stereocenters. The number of nitrogens with zero attached hydrogens (tertiary/aromatic N) is 1. The SMILES string of the molecule is O=C(O)c1ccc(CCNC(=O)c2conc2C2CC2)cc1. The number of nitrogens with one attached hydrogen (secondary N) is 1. The van der Waals surface area contributed by atoms with Crippen molar-refractivity contribution in [1.82, 2.24) is 10.5 Å². The minimum absolute atomic E-state index is 0.176. The fraction of sp³-hybridized carbons (Fsp3) is 0.312. The van der Waals surface area contributed by atoms with E-state index in [0.717, 1.165) is 24.1 Å². The first-order valence-corrected chi connectivity index (χ1v) is 7.20. The van der Waals surface area contributed by atoms with Crippen LogP contribution in [0.25, 0.3) is 0 Å². The zero-order valence-corrected chi connectivity index (χ0v) is 11.9. The van der Waals surface area contributed by atoms with E-state index in [1.54, 1.807) is 24.3 Å². The molecule has 6 nitrogen and oxygen atoms in total. The maximum absolute atomic E-state index is 12.1. The van der Waals surface area contributed by atoms with Gasteiger partial charge in [0.1, 0.15) is 11.8 Å². The third-order valence-corrected chi connectivity index (χ3v) is 3.71. The van der Waals surface area contributed by atoms with Crippen LogP contribution in [0.1, 0.15) is 50.7 Å². The van der Waals surface area contributed by atoms with Crippen molar-refractivity contribution in [2.75, 3.05) is 6.54 Å². The van der Waals surface area contributed by atoms with E-state index in [-0.39, 0.29) is 11.5 Å². The number of carbonyl (C=O) groups is 2. The highest BCUT2D eigenvalue weighted by Crippen LogP contribution is 2.40. The molecule has 1 saturated carbocycles. The molecule has 2 N–H and O–H groups in total. The largest absolute Gasteiger partial charge is 0.478 e. The summed E-state index contributed by atoms with van der Waals surface area (Å²) in [4.78, 5) is 22.9. The van der Waals surface area contributed by atoms with Crippen LogP contribution in [-0.2, 0) is 6.42 Å². The molecule has 1 fully saturated rings. The van der Waals surface area contributed by atoms with E-state index in [1.165, 1.54) is 6.26 Å². The minimum Gasteiger partial charge on any atom is -0.478 e. The van der Waals surface area contributed by atoms with Gasteiger partial charge in [-0.05, 0) is 37.0 Å². The van der Waals surface area contributed by atoms with Crippen molar-refractivity contribution >= 4 is 11.9 Å². The van der Waals surface area contributed by atoms with Crippen LogP contribution in [0, 0.1) is 0 Å². The quantitative estimate of drug-likeness (QED) is 0.853. The molecule has 1 amide bonds. The molecule has 0 aliphatic heterocycles. The number of aromatic nitrogens is 1. The second-order valence-corrected chi connectivity index (χ2v) is 5.40. The summed E-state index contributed by atoms with van der Waals surface area (Å²) < 4.78 is 4.90. The van der Waals surface area contributed by atoms with Gasteiger partial charge in [0.15, 0.2) is 0 Å². The number of amides is 1. The van der Waals surface area contributed by atoms with Crippen LogP contribution in [0.3, 0.4) is 0 Å². The summed E-state index contributed by atoms with van der Waals surface area (Å²) in [6.07, 6.45) is 4.14. The zero-order chi connectivity index (χ0) is 15.5. The summed E-state index contributed by atoms with van der Waals surface area (Å²) >= 11 is 0. The van der Waals surface area contributed by atoms with Crippen molar-refractivity contribution in [3.8, 4) is 0 Å². The first-order valence-electron chi connectivity index (χ1n) is 7.20. The number of rotatable bonds is 6. The summed E-state index contributed by atoms with van der Waals surface area (Å²) in [5.74, 6) is -0.756. The van der Waals surface area contributed by atoms with Crippen molar-refractivity contribution in [3.63, 3.8) is 0 Å². The first-order chi connectivity index (χ1) is 10.6. The van der Waals surface area contributed by atoms with Crippen LogP contribution in [0.5, 0.6) is 0 Å². The van der Waals surface area contributed by atoms with Gasteiger partial charge in [-0.3, -0.25) is 4.79 Å². The van der Waals surface area contributed by atoms with Gasteiger partial charge >= 0.3 is 5.97 Å². The van der Waals surface area contributed by atoms with Crippen molar-refractivity contribution in [3.05, 3.63) is 52.9 Å². The van der Waals surface area contributed by atoms with E-state index in [4.69, 9.17) is 9.63 Å². The lowest BCUT2D eigenvalue weighted by Crippen LogP contribution is -2.26. The topological polar surface area (TPSA) is 92.4 Å². The molecule has 1 aromatic carbocycles. The summed E-state index contributed by atoms with van der Waals surface area (Å²) in [5.41, 5.74) is 2.50. The van der Waals surface area contributed by atoms with Crippen molar-refractivity contribution in [2.45, 2.75) is 25.2 Å². The van der Waals surface area contributed by atoms with E-state index in [9.17, 15) is 9.59 Å². The molecule has 1 aliphatic carbocycles. The standard InChI is InChI=1S/C16H16N2O4/c19-15(13-9-22-18-14(13)11-5-6-11)17-8-7-10-1-3-12(4-2-10)16(20)21/h1-4,9,11H,5-8H2,(H,17,19)(H,20,21). The number of carboxylic acids is 1. The second-order valence-electron chi connectivity index (χ2n) is 5.40. The highest BCUT2D eigenvalue weighted by molar-refractivity contribution is 5.95. The zero-order valence-electron chi connectivity index (χ0n) is 11.9. The Morgan fingerprint density at radius 3 is 2.64 bits per heavy atom. The predicted molar refractivity (Wildman–Crippen MR) is 77.9 cm³/mol. The van der Waals surface area contributed by atoms with E-state index < -0.39 is 5.97 Å². The maximum Gasteiger partial charge on any atom is 0.335 e. The first kappa shape index (κ1) is 14.3. The van der Waals surface area contributed by atoms with Gasteiger partial charge in [0.25, 0.3) is 5.91 Å². The molecule has 1 aromatic heterocycles. The molecular formula is C16H16N2O4. The molecule has 114 valence electrons. The molecule has 3 rings (SSSR count). The Bertz CT molecular complexity index is 686. The Balaban J connectivity index is 1.53. The molecule has 0 unspecified atom stereocenters. The van der Waals surface area contributed by atoms with Gasteiger partial charge in [0, 0.05) is 12.5 Å². The van der Waals surface area contributed by atoms with Gasteiger partial charge < -0.3 is 14.9 Å². The second kappa shape index (κ2) is 6.01. The summed E-state index contributed by atoms with van der Waals surface area (Å²) in [6, 6.07) is 6.63. The number of hydrogen-bond acceptors (Lipinski definition) is 4. The lowest BCUT2D eigenvalue weighted by Gasteiger charge is -2.05. The average molecular weight is 300 g/mol. The molecule has 22 heavy (non-hydrogen) atoms. The summed E-state index contributed by atoms with van der Waals surface area (Å²) in [6.45, 7) is 0.473. The molecule has 0 radical (unpaired) electrons.